The van der Waals surface area contributed by atoms with Gasteiger partial charge in [0.15, 0.2) is 88.7 Å². The SMILES string of the molecule is Fc1c(F)c(F)c([B-](c2c(F)c(F)c(F)c(F)c2F)(c2c(F)c(F)c(F)c(F)c2F)c2c(F)c(F)c(F)c(F)c2F)c(F)c1F.c1ccc(C[n+]2ccc(-c3cc4ccccc4c4ccccc34)cc2)cc1. The van der Waals surface area contributed by atoms with Crippen molar-refractivity contribution in [1.82, 2.24) is 0 Å². The summed E-state index contributed by atoms with van der Waals surface area (Å²) < 4.78 is 296. The average Bonchev–Trinajstić information content (AvgIpc) is 3.39. The summed E-state index contributed by atoms with van der Waals surface area (Å²) in [6, 6.07) is 34.6. The van der Waals surface area contributed by atoms with Crippen LogP contribution in [0.2, 0.25) is 0 Å². The van der Waals surface area contributed by atoms with E-state index in [9.17, 15) is 52.7 Å². The second-order valence-corrected chi connectivity index (χ2v) is 15.7. The van der Waals surface area contributed by atoms with Gasteiger partial charge >= 0.3 is 0 Å². The Labute approximate surface area is 390 Å². The summed E-state index contributed by atoms with van der Waals surface area (Å²) in [6.07, 6.45) is -2.87. The van der Waals surface area contributed by atoms with Gasteiger partial charge in [0, 0.05) is 17.7 Å². The van der Waals surface area contributed by atoms with Crippen molar-refractivity contribution in [2.75, 3.05) is 0 Å². The first-order valence-electron chi connectivity index (χ1n) is 20.3. The van der Waals surface area contributed by atoms with Crippen LogP contribution in [0.4, 0.5) is 87.8 Å². The molecule has 1 aromatic heterocycles. The third-order valence-corrected chi connectivity index (χ3v) is 11.9. The van der Waals surface area contributed by atoms with Gasteiger partial charge in [-0.15, -0.1) is 21.9 Å². The zero-order chi connectivity index (χ0) is 52.4. The molecule has 0 amide bonds. The molecule has 8 aromatic carbocycles. The van der Waals surface area contributed by atoms with E-state index in [0.717, 1.165) is 6.54 Å². The third kappa shape index (κ3) is 7.83. The Hall–Kier alpha value is -7.91. The van der Waals surface area contributed by atoms with Crippen LogP contribution in [0.15, 0.2) is 109 Å². The lowest BCUT2D eigenvalue weighted by molar-refractivity contribution is -0.688. The molecule has 0 saturated heterocycles. The van der Waals surface area contributed by atoms with Crippen molar-refractivity contribution < 1.29 is 92.4 Å². The number of pyridine rings is 1. The minimum absolute atomic E-state index is 0.888. The summed E-state index contributed by atoms with van der Waals surface area (Å²) in [5.41, 5.74) is -10.5. The van der Waals surface area contributed by atoms with Gasteiger partial charge < -0.3 is 0 Å². The van der Waals surface area contributed by atoms with Crippen LogP contribution in [-0.4, -0.2) is 6.15 Å². The molecular weight excluding hydrogens is 1010 g/mol. The largest absolute Gasteiger partial charge is 0.207 e. The molecule has 0 aliphatic rings. The third-order valence-electron chi connectivity index (χ3n) is 11.9. The fourth-order valence-corrected chi connectivity index (χ4v) is 8.70. The van der Waals surface area contributed by atoms with E-state index in [0.29, 0.717) is 0 Å². The fourth-order valence-electron chi connectivity index (χ4n) is 8.70. The van der Waals surface area contributed by atoms with E-state index in [2.05, 4.69) is 114 Å². The van der Waals surface area contributed by atoms with Crippen molar-refractivity contribution >= 4 is 49.5 Å². The zero-order valence-corrected chi connectivity index (χ0v) is 35.2. The van der Waals surface area contributed by atoms with Gasteiger partial charge in [-0.25, -0.2) is 92.4 Å². The lowest BCUT2D eigenvalue weighted by atomic mass is 9.12. The normalized spacial score (nSPS) is 11.7. The maximum Gasteiger partial charge on any atom is 0.200 e. The molecular formula is C50H20BF20N. The summed E-state index contributed by atoms with van der Waals surface area (Å²) in [6.45, 7) is 0.888. The summed E-state index contributed by atoms with van der Waals surface area (Å²) in [5, 5.41) is 5.21. The number of nitrogens with zero attached hydrogens (tertiary/aromatic N) is 1. The molecule has 9 aromatic rings. The lowest BCUT2D eigenvalue weighted by Crippen LogP contribution is -2.81. The standard InChI is InChI=1S/C26H20N.C24BF20/c1-2-8-20(9-3-1)19-27-16-14-21(15-17-27)26-18-22-10-4-5-11-23(22)24-12-6-7-13-25(24)26;26-5-1(6(27)14(35)21(42)13(5)34)25(2-7(28)15(36)22(43)16(37)8(2)29,3-9(30)17(38)23(44)18(39)10(3)31)4-11(32)19(40)24(45)20(41)12(4)33/h1-18H,19H2;/q+1;-1. The molecule has 0 aliphatic heterocycles. The number of benzene rings is 8. The van der Waals surface area contributed by atoms with Crippen molar-refractivity contribution in [3.05, 3.63) is 231 Å². The van der Waals surface area contributed by atoms with Crippen LogP contribution in [0.5, 0.6) is 0 Å². The Morgan fingerprint density at radius 3 is 0.944 bits per heavy atom. The minimum atomic E-state index is -7.22. The van der Waals surface area contributed by atoms with E-state index in [1.54, 1.807) is 0 Å². The quantitative estimate of drug-likeness (QED) is 0.0374. The number of fused-ring (bicyclic) bond motifs is 3. The first-order chi connectivity index (χ1) is 34.1. The van der Waals surface area contributed by atoms with Crippen molar-refractivity contribution in [3.8, 4) is 11.1 Å². The molecule has 0 atom stereocenters. The topological polar surface area (TPSA) is 3.88 Å². The highest BCUT2D eigenvalue weighted by atomic mass is 19.2. The lowest BCUT2D eigenvalue weighted by Gasteiger charge is -2.44. The minimum Gasteiger partial charge on any atom is -0.207 e. The van der Waals surface area contributed by atoms with Gasteiger partial charge in [-0.05, 0) is 38.7 Å². The molecule has 0 aliphatic carbocycles. The zero-order valence-electron chi connectivity index (χ0n) is 35.2. The number of aromatic nitrogens is 1. The molecule has 0 bridgehead atoms. The van der Waals surface area contributed by atoms with Crippen LogP contribution < -0.4 is 26.4 Å². The molecule has 72 heavy (non-hydrogen) atoms. The van der Waals surface area contributed by atoms with E-state index in [1.807, 2.05) is 0 Å². The van der Waals surface area contributed by atoms with Gasteiger partial charge in [-0.2, -0.15) is 0 Å². The number of halogens is 20. The molecule has 9 rings (SSSR count). The molecule has 0 fully saturated rings. The van der Waals surface area contributed by atoms with Gasteiger partial charge in [0.25, 0.3) is 0 Å². The van der Waals surface area contributed by atoms with Crippen molar-refractivity contribution in [3.63, 3.8) is 0 Å². The first-order valence-corrected chi connectivity index (χ1v) is 20.3. The molecule has 0 N–H and O–H groups in total. The molecule has 1 heterocycles. The smallest absolute Gasteiger partial charge is 0.200 e. The number of rotatable bonds is 7. The second kappa shape index (κ2) is 19.0. The van der Waals surface area contributed by atoms with E-state index >= 15 is 35.1 Å². The Balaban J connectivity index is 0.000000217. The van der Waals surface area contributed by atoms with Gasteiger partial charge in [-0.3, -0.25) is 0 Å². The summed E-state index contributed by atoms with van der Waals surface area (Å²) in [7, 11) is 0. The maximum atomic E-state index is 15.4. The van der Waals surface area contributed by atoms with Crippen LogP contribution in [-0.2, 0) is 6.54 Å². The Morgan fingerprint density at radius 1 is 0.292 bits per heavy atom. The van der Waals surface area contributed by atoms with E-state index < -0.39 is 144 Å². The predicted molar refractivity (Wildman–Crippen MR) is 222 cm³/mol. The van der Waals surface area contributed by atoms with Crippen LogP contribution >= 0.6 is 0 Å². The highest BCUT2D eigenvalue weighted by Crippen LogP contribution is 2.35. The van der Waals surface area contributed by atoms with Gasteiger partial charge in [0.1, 0.15) is 52.7 Å². The van der Waals surface area contributed by atoms with Crippen molar-refractivity contribution in [2.45, 2.75) is 6.54 Å². The molecule has 0 saturated carbocycles. The number of hydrogen-bond acceptors (Lipinski definition) is 0. The van der Waals surface area contributed by atoms with Gasteiger partial charge in [0.05, 0.1) is 0 Å². The molecule has 22 heteroatoms. The molecule has 0 spiro atoms. The monoisotopic (exact) mass is 1030 g/mol. The van der Waals surface area contributed by atoms with Crippen molar-refractivity contribution in [2.24, 2.45) is 0 Å². The molecule has 0 unspecified atom stereocenters. The first kappa shape index (κ1) is 50.5. The summed E-state index contributed by atoms with van der Waals surface area (Å²) in [5.74, 6) is -71.4. The highest BCUT2D eigenvalue weighted by Gasteiger charge is 2.52. The Morgan fingerprint density at radius 2 is 0.583 bits per heavy atom. The Bertz CT molecular complexity index is 3280. The van der Waals surface area contributed by atoms with Crippen LogP contribution in [0.1, 0.15) is 5.56 Å². The molecule has 0 radical (unpaired) electrons. The van der Waals surface area contributed by atoms with E-state index in [1.165, 1.54) is 38.2 Å². The molecule has 368 valence electrons. The highest BCUT2D eigenvalue weighted by molar-refractivity contribution is 7.20. The van der Waals surface area contributed by atoms with Crippen LogP contribution in [0.25, 0.3) is 32.7 Å². The predicted octanol–water partition coefficient (Wildman–Crippen LogP) is 11.8. The maximum absolute atomic E-state index is 15.4. The van der Waals surface area contributed by atoms with E-state index in [-0.39, 0.29) is 0 Å². The van der Waals surface area contributed by atoms with Gasteiger partial charge in [-0.1, -0.05) is 78.9 Å². The Kier molecular flexibility index (Phi) is 13.3. The average molecular weight is 1030 g/mol. The fraction of sp³-hybridized carbons (Fsp3) is 0.0200. The van der Waals surface area contributed by atoms with E-state index in [4.69, 9.17) is 0 Å². The van der Waals surface area contributed by atoms with Crippen molar-refractivity contribution in [1.29, 1.82) is 0 Å². The second-order valence-electron chi connectivity index (χ2n) is 15.7. The van der Waals surface area contributed by atoms with Crippen LogP contribution in [0, 0.1) is 116 Å². The van der Waals surface area contributed by atoms with Gasteiger partial charge in [0.2, 0.25) is 0 Å². The number of hydrogen-bond donors (Lipinski definition) is 0. The summed E-state index contributed by atoms with van der Waals surface area (Å²) in [4.78, 5) is 0. The molecule has 1 nitrogen and oxygen atoms in total. The summed E-state index contributed by atoms with van der Waals surface area (Å²) >= 11 is 0. The van der Waals surface area contributed by atoms with Crippen LogP contribution in [0.3, 0.4) is 0 Å².